The number of hydrogen-bond acceptors (Lipinski definition) is 2. The number of benzene rings is 1. The molecule has 0 saturated carbocycles. The third-order valence-corrected chi connectivity index (χ3v) is 2.71. The number of rotatable bonds is 1. The van der Waals surface area contributed by atoms with E-state index in [1.165, 1.54) is 0 Å². The average Bonchev–Trinajstić information content (AvgIpc) is 2.77. The van der Waals surface area contributed by atoms with E-state index >= 15 is 0 Å². The van der Waals surface area contributed by atoms with E-state index in [0.29, 0.717) is 0 Å². The Morgan fingerprint density at radius 3 is 2.75 bits per heavy atom. The molecule has 2 heterocycles. The lowest BCUT2D eigenvalue weighted by atomic mass is 10.0. The summed E-state index contributed by atoms with van der Waals surface area (Å²) in [7, 11) is 0. The first kappa shape index (κ1) is 8.97. The van der Waals surface area contributed by atoms with Crippen molar-refractivity contribution in [3.63, 3.8) is 0 Å². The topological polar surface area (TPSA) is 54.7 Å². The summed E-state index contributed by atoms with van der Waals surface area (Å²) in [5.41, 5.74) is 9.83. The number of hydrogen-bond donors (Lipinski definition) is 2. The number of para-hydroxylation sites is 1. The summed E-state index contributed by atoms with van der Waals surface area (Å²) in [6, 6.07) is 11.9. The largest absolute Gasteiger partial charge is 0.398 e. The highest BCUT2D eigenvalue weighted by Crippen LogP contribution is 2.30. The van der Waals surface area contributed by atoms with Gasteiger partial charge >= 0.3 is 0 Å². The molecule has 0 aliphatic carbocycles. The predicted molar refractivity (Wildman–Crippen MR) is 65.9 cm³/mol. The maximum atomic E-state index is 5.98. The summed E-state index contributed by atoms with van der Waals surface area (Å²) in [4.78, 5) is 7.36. The molecule has 0 aliphatic rings. The van der Waals surface area contributed by atoms with Crippen LogP contribution >= 0.6 is 0 Å². The van der Waals surface area contributed by atoms with Crippen LogP contribution in [0.5, 0.6) is 0 Å². The lowest BCUT2D eigenvalue weighted by molar-refractivity contribution is 1.33. The molecular weight excluding hydrogens is 198 g/mol. The van der Waals surface area contributed by atoms with Gasteiger partial charge in [0.2, 0.25) is 0 Å². The Kier molecular flexibility index (Phi) is 1.90. The van der Waals surface area contributed by atoms with E-state index in [0.717, 1.165) is 27.8 Å². The van der Waals surface area contributed by atoms with Crippen molar-refractivity contribution in [2.24, 2.45) is 0 Å². The van der Waals surface area contributed by atoms with Gasteiger partial charge in [0.15, 0.2) is 0 Å². The zero-order chi connectivity index (χ0) is 11.0. The number of pyridine rings is 1. The summed E-state index contributed by atoms with van der Waals surface area (Å²) in [6.45, 7) is 0. The van der Waals surface area contributed by atoms with Crippen molar-refractivity contribution in [1.82, 2.24) is 9.97 Å². The van der Waals surface area contributed by atoms with Crippen LogP contribution in [0.1, 0.15) is 0 Å². The first-order chi connectivity index (χ1) is 7.86. The number of anilines is 1. The lowest BCUT2D eigenvalue weighted by Gasteiger charge is -2.06. The second-order valence-corrected chi connectivity index (χ2v) is 3.69. The summed E-state index contributed by atoms with van der Waals surface area (Å²) >= 11 is 0. The van der Waals surface area contributed by atoms with Crippen LogP contribution in [0.15, 0.2) is 48.8 Å². The lowest BCUT2D eigenvalue weighted by Crippen LogP contribution is -1.90. The second kappa shape index (κ2) is 3.38. The molecular formula is C13H11N3. The highest BCUT2D eigenvalue weighted by molar-refractivity contribution is 5.96. The van der Waals surface area contributed by atoms with Crippen molar-refractivity contribution in [3.8, 4) is 11.1 Å². The van der Waals surface area contributed by atoms with Gasteiger partial charge in [0.25, 0.3) is 0 Å². The Morgan fingerprint density at radius 2 is 1.88 bits per heavy atom. The van der Waals surface area contributed by atoms with Gasteiger partial charge in [-0.05, 0) is 23.8 Å². The monoisotopic (exact) mass is 209 g/mol. The third-order valence-electron chi connectivity index (χ3n) is 2.71. The third kappa shape index (κ3) is 1.26. The van der Waals surface area contributed by atoms with Crippen molar-refractivity contribution >= 4 is 16.7 Å². The number of nitrogens with two attached hydrogens (primary N) is 1. The fourth-order valence-corrected chi connectivity index (χ4v) is 1.94. The SMILES string of the molecule is Nc1ccccc1-c1ccnc2[nH]ccc12. The minimum Gasteiger partial charge on any atom is -0.398 e. The molecule has 0 amide bonds. The molecule has 78 valence electrons. The fourth-order valence-electron chi connectivity index (χ4n) is 1.94. The normalized spacial score (nSPS) is 10.8. The van der Waals surface area contributed by atoms with E-state index in [2.05, 4.69) is 9.97 Å². The van der Waals surface area contributed by atoms with Crippen LogP contribution in [0.3, 0.4) is 0 Å². The molecule has 16 heavy (non-hydrogen) atoms. The number of fused-ring (bicyclic) bond motifs is 1. The van der Waals surface area contributed by atoms with Gasteiger partial charge in [-0.1, -0.05) is 18.2 Å². The van der Waals surface area contributed by atoms with Crippen LogP contribution in [-0.4, -0.2) is 9.97 Å². The average molecular weight is 209 g/mol. The number of H-pyrrole nitrogens is 1. The van der Waals surface area contributed by atoms with E-state index in [1.54, 1.807) is 6.20 Å². The Hall–Kier alpha value is -2.29. The Morgan fingerprint density at radius 1 is 1.00 bits per heavy atom. The molecule has 0 aliphatic heterocycles. The molecule has 0 spiro atoms. The van der Waals surface area contributed by atoms with Crippen LogP contribution in [0.4, 0.5) is 5.69 Å². The maximum absolute atomic E-state index is 5.98. The van der Waals surface area contributed by atoms with E-state index in [1.807, 2.05) is 42.6 Å². The van der Waals surface area contributed by atoms with Crippen LogP contribution in [-0.2, 0) is 0 Å². The van der Waals surface area contributed by atoms with Gasteiger partial charge < -0.3 is 10.7 Å². The molecule has 0 bridgehead atoms. The smallest absolute Gasteiger partial charge is 0.137 e. The van der Waals surface area contributed by atoms with Crippen LogP contribution < -0.4 is 5.73 Å². The molecule has 0 saturated heterocycles. The van der Waals surface area contributed by atoms with E-state index < -0.39 is 0 Å². The van der Waals surface area contributed by atoms with Crippen LogP contribution in [0, 0.1) is 0 Å². The minimum absolute atomic E-state index is 0.788. The summed E-state index contributed by atoms with van der Waals surface area (Å²) in [5.74, 6) is 0. The van der Waals surface area contributed by atoms with E-state index in [9.17, 15) is 0 Å². The van der Waals surface area contributed by atoms with Gasteiger partial charge in [0.1, 0.15) is 5.65 Å². The number of aromatic nitrogens is 2. The molecule has 0 unspecified atom stereocenters. The van der Waals surface area contributed by atoms with Gasteiger partial charge in [-0.25, -0.2) is 4.98 Å². The Labute approximate surface area is 92.9 Å². The molecule has 0 fully saturated rings. The molecule has 1 aromatic carbocycles. The first-order valence-electron chi connectivity index (χ1n) is 5.13. The highest BCUT2D eigenvalue weighted by atomic mass is 14.8. The first-order valence-corrected chi connectivity index (χ1v) is 5.13. The number of nitrogens with zero attached hydrogens (tertiary/aromatic N) is 1. The van der Waals surface area contributed by atoms with Gasteiger partial charge in [-0.15, -0.1) is 0 Å². The second-order valence-electron chi connectivity index (χ2n) is 3.69. The van der Waals surface area contributed by atoms with Crippen LogP contribution in [0.25, 0.3) is 22.2 Å². The minimum atomic E-state index is 0.788. The standard InChI is InChI=1S/C13H11N3/c14-12-4-2-1-3-10(12)9-5-7-15-13-11(9)6-8-16-13/h1-8H,14H2,(H,15,16). The molecule has 3 N–H and O–H groups in total. The van der Waals surface area contributed by atoms with Crippen LogP contribution in [0.2, 0.25) is 0 Å². The van der Waals surface area contributed by atoms with Crippen molar-refractivity contribution in [3.05, 3.63) is 48.8 Å². The van der Waals surface area contributed by atoms with Crippen molar-refractivity contribution in [1.29, 1.82) is 0 Å². The molecule has 3 nitrogen and oxygen atoms in total. The Balaban J connectivity index is 2.34. The van der Waals surface area contributed by atoms with Gasteiger partial charge in [-0.3, -0.25) is 0 Å². The summed E-state index contributed by atoms with van der Waals surface area (Å²) < 4.78 is 0. The Bertz CT molecular complexity index is 640. The van der Waals surface area contributed by atoms with Gasteiger partial charge in [-0.2, -0.15) is 0 Å². The van der Waals surface area contributed by atoms with E-state index in [-0.39, 0.29) is 0 Å². The zero-order valence-corrected chi connectivity index (χ0v) is 8.64. The molecule has 3 aromatic rings. The summed E-state index contributed by atoms with van der Waals surface area (Å²) in [5, 5.41) is 1.10. The molecule has 2 aromatic heterocycles. The fraction of sp³-hybridized carbons (Fsp3) is 0. The highest BCUT2D eigenvalue weighted by Gasteiger charge is 2.06. The van der Waals surface area contributed by atoms with Crippen molar-refractivity contribution < 1.29 is 0 Å². The predicted octanol–water partition coefficient (Wildman–Crippen LogP) is 2.81. The molecule has 3 heteroatoms. The number of aromatic amines is 1. The van der Waals surface area contributed by atoms with E-state index in [4.69, 9.17) is 5.73 Å². The number of nitrogen functional groups attached to an aromatic ring is 1. The molecule has 0 radical (unpaired) electrons. The van der Waals surface area contributed by atoms with Crippen molar-refractivity contribution in [2.45, 2.75) is 0 Å². The van der Waals surface area contributed by atoms with Gasteiger partial charge in [0, 0.05) is 29.0 Å². The summed E-state index contributed by atoms with van der Waals surface area (Å²) in [6.07, 6.45) is 3.68. The quantitative estimate of drug-likeness (QED) is 0.605. The van der Waals surface area contributed by atoms with Crippen molar-refractivity contribution in [2.75, 3.05) is 5.73 Å². The zero-order valence-electron chi connectivity index (χ0n) is 8.64. The molecule has 0 atom stereocenters. The molecule has 3 rings (SSSR count). The number of nitrogens with one attached hydrogen (secondary N) is 1. The maximum Gasteiger partial charge on any atom is 0.137 e. The van der Waals surface area contributed by atoms with Gasteiger partial charge in [0.05, 0.1) is 0 Å².